The molecule has 1 aromatic heterocycles. The fraction of sp³-hybridized carbons (Fsp3) is 0.154. The number of esters is 1. The lowest BCUT2D eigenvalue weighted by Gasteiger charge is -1.97. The zero-order valence-corrected chi connectivity index (χ0v) is 10.9. The van der Waals surface area contributed by atoms with Gasteiger partial charge in [0.2, 0.25) is 5.78 Å². The highest BCUT2D eigenvalue weighted by atomic mass is 35.5. The van der Waals surface area contributed by atoms with Crippen LogP contribution in [-0.2, 0) is 4.74 Å². The number of nitrogens with zero attached hydrogens (tertiary/aromatic N) is 1. The van der Waals surface area contributed by atoms with Crippen LogP contribution in [0.1, 0.15) is 33.5 Å². The number of H-pyrrole nitrogens is 1. The molecular formula is C13H11ClN2O3. The van der Waals surface area contributed by atoms with Crippen LogP contribution in [0.25, 0.3) is 0 Å². The van der Waals surface area contributed by atoms with Crippen LogP contribution in [0.3, 0.4) is 0 Å². The van der Waals surface area contributed by atoms with Gasteiger partial charge in [0, 0.05) is 16.7 Å². The van der Waals surface area contributed by atoms with Gasteiger partial charge in [0.1, 0.15) is 11.4 Å². The van der Waals surface area contributed by atoms with Gasteiger partial charge in [-0.15, -0.1) is 0 Å². The summed E-state index contributed by atoms with van der Waals surface area (Å²) in [6, 6.07) is 7.81. The lowest BCUT2D eigenvalue weighted by Crippen LogP contribution is -2.04. The summed E-state index contributed by atoms with van der Waals surface area (Å²) in [5.74, 6) is -0.825. The monoisotopic (exact) mass is 278 g/mol. The maximum absolute atomic E-state index is 12.1. The van der Waals surface area contributed by atoms with Gasteiger partial charge in [-0.25, -0.2) is 4.79 Å². The number of rotatable bonds is 4. The second-order valence-electron chi connectivity index (χ2n) is 3.72. The van der Waals surface area contributed by atoms with E-state index in [2.05, 4.69) is 10.2 Å². The SMILES string of the molecule is CCOC(=O)c1cc(C(=O)c2ccc(Cl)cc2)n[nH]1. The van der Waals surface area contributed by atoms with Gasteiger partial charge in [-0.2, -0.15) is 5.10 Å². The molecule has 0 spiro atoms. The number of benzene rings is 1. The zero-order chi connectivity index (χ0) is 13.8. The van der Waals surface area contributed by atoms with Gasteiger partial charge in [-0.1, -0.05) is 11.6 Å². The average Bonchev–Trinajstić information content (AvgIpc) is 2.89. The molecule has 1 N–H and O–H groups in total. The van der Waals surface area contributed by atoms with E-state index in [9.17, 15) is 9.59 Å². The maximum Gasteiger partial charge on any atom is 0.356 e. The number of nitrogens with one attached hydrogen (secondary N) is 1. The summed E-state index contributed by atoms with van der Waals surface area (Å²) in [5, 5.41) is 6.84. The highest BCUT2D eigenvalue weighted by Gasteiger charge is 2.16. The summed E-state index contributed by atoms with van der Waals surface area (Å²) in [4.78, 5) is 23.5. The molecule has 0 radical (unpaired) electrons. The minimum atomic E-state index is -0.537. The van der Waals surface area contributed by atoms with Crippen molar-refractivity contribution in [2.45, 2.75) is 6.92 Å². The van der Waals surface area contributed by atoms with Crippen LogP contribution in [0.15, 0.2) is 30.3 Å². The van der Waals surface area contributed by atoms with Gasteiger partial charge in [0.05, 0.1) is 6.61 Å². The molecule has 5 nitrogen and oxygen atoms in total. The number of hydrogen-bond acceptors (Lipinski definition) is 4. The summed E-state index contributed by atoms with van der Waals surface area (Å²) in [5.41, 5.74) is 0.760. The van der Waals surface area contributed by atoms with Crippen molar-refractivity contribution in [2.24, 2.45) is 0 Å². The Morgan fingerprint density at radius 1 is 1.32 bits per heavy atom. The Labute approximate surface area is 114 Å². The zero-order valence-electron chi connectivity index (χ0n) is 10.1. The van der Waals surface area contributed by atoms with Crippen LogP contribution in [0.2, 0.25) is 5.02 Å². The molecule has 0 atom stereocenters. The summed E-state index contributed by atoms with van der Waals surface area (Å²) < 4.78 is 4.80. The van der Waals surface area contributed by atoms with Crippen molar-refractivity contribution in [2.75, 3.05) is 6.61 Å². The van der Waals surface area contributed by atoms with Gasteiger partial charge in [0.25, 0.3) is 0 Å². The Kier molecular flexibility index (Phi) is 3.97. The first-order chi connectivity index (χ1) is 9.11. The van der Waals surface area contributed by atoms with E-state index in [0.717, 1.165) is 0 Å². The van der Waals surface area contributed by atoms with Crippen LogP contribution >= 0.6 is 11.6 Å². The summed E-state index contributed by atoms with van der Waals surface area (Å²) in [6.07, 6.45) is 0. The largest absolute Gasteiger partial charge is 0.461 e. The lowest BCUT2D eigenvalue weighted by atomic mass is 10.1. The Morgan fingerprint density at radius 3 is 2.63 bits per heavy atom. The summed E-state index contributed by atoms with van der Waals surface area (Å²) >= 11 is 5.75. The normalized spacial score (nSPS) is 10.2. The lowest BCUT2D eigenvalue weighted by molar-refractivity contribution is 0.0519. The maximum atomic E-state index is 12.1. The molecule has 0 fully saturated rings. The van der Waals surface area contributed by atoms with E-state index in [0.29, 0.717) is 10.6 Å². The van der Waals surface area contributed by atoms with Gasteiger partial charge >= 0.3 is 5.97 Å². The fourth-order valence-electron chi connectivity index (χ4n) is 1.50. The quantitative estimate of drug-likeness (QED) is 0.689. The molecule has 0 aliphatic rings. The van der Waals surface area contributed by atoms with E-state index in [1.54, 1.807) is 31.2 Å². The van der Waals surface area contributed by atoms with E-state index < -0.39 is 5.97 Å². The molecule has 0 unspecified atom stereocenters. The minimum Gasteiger partial charge on any atom is -0.461 e. The number of aromatic amines is 1. The average molecular weight is 279 g/mol. The molecular weight excluding hydrogens is 268 g/mol. The van der Waals surface area contributed by atoms with Crippen LogP contribution < -0.4 is 0 Å². The topological polar surface area (TPSA) is 72.1 Å². The molecule has 1 aromatic carbocycles. The predicted octanol–water partition coefficient (Wildman–Crippen LogP) is 2.47. The molecule has 2 aromatic rings. The minimum absolute atomic E-state index is 0.152. The van der Waals surface area contributed by atoms with Crippen molar-refractivity contribution in [1.82, 2.24) is 10.2 Å². The summed E-state index contributed by atoms with van der Waals surface area (Å²) in [7, 11) is 0. The Hall–Kier alpha value is -2.14. The highest BCUT2D eigenvalue weighted by molar-refractivity contribution is 6.30. The van der Waals surface area contributed by atoms with Crippen LogP contribution in [0, 0.1) is 0 Å². The van der Waals surface area contributed by atoms with Crippen LogP contribution in [0.4, 0.5) is 0 Å². The van der Waals surface area contributed by atoms with Crippen LogP contribution in [0.5, 0.6) is 0 Å². The number of carbonyl (C=O) groups excluding carboxylic acids is 2. The van der Waals surface area contributed by atoms with E-state index >= 15 is 0 Å². The molecule has 0 aliphatic carbocycles. The Balaban J connectivity index is 2.20. The molecule has 0 saturated heterocycles. The molecule has 19 heavy (non-hydrogen) atoms. The first kappa shape index (κ1) is 13.3. The van der Waals surface area contributed by atoms with Gasteiger partial charge in [0.15, 0.2) is 0 Å². The molecule has 2 rings (SSSR count). The number of carbonyl (C=O) groups is 2. The van der Waals surface area contributed by atoms with Crippen molar-refractivity contribution in [1.29, 1.82) is 0 Å². The standard InChI is InChI=1S/C13H11ClN2O3/c1-2-19-13(18)11-7-10(15-16-11)12(17)8-3-5-9(14)6-4-8/h3-7H,2H2,1H3,(H,15,16). The van der Waals surface area contributed by atoms with Crippen molar-refractivity contribution < 1.29 is 14.3 Å². The van der Waals surface area contributed by atoms with E-state index in [-0.39, 0.29) is 23.8 Å². The number of ether oxygens (including phenoxy) is 1. The summed E-state index contributed by atoms with van der Waals surface area (Å²) in [6.45, 7) is 1.96. The first-order valence-electron chi connectivity index (χ1n) is 5.64. The Bertz CT molecular complexity index is 605. The third kappa shape index (κ3) is 3.00. The van der Waals surface area contributed by atoms with Crippen molar-refractivity contribution in [3.63, 3.8) is 0 Å². The van der Waals surface area contributed by atoms with Crippen molar-refractivity contribution in [3.8, 4) is 0 Å². The molecule has 98 valence electrons. The van der Waals surface area contributed by atoms with E-state index in [1.807, 2.05) is 0 Å². The molecule has 1 heterocycles. The first-order valence-corrected chi connectivity index (χ1v) is 6.02. The molecule has 0 aliphatic heterocycles. The number of halogens is 1. The molecule has 0 saturated carbocycles. The fourth-order valence-corrected chi connectivity index (χ4v) is 1.63. The second-order valence-corrected chi connectivity index (χ2v) is 4.16. The van der Waals surface area contributed by atoms with Gasteiger partial charge in [-0.05, 0) is 31.2 Å². The highest BCUT2D eigenvalue weighted by Crippen LogP contribution is 2.13. The third-order valence-electron chi connectivity index (χ3n) is 2.41. The molecule has 6 heteroatoms. The van der Waals surface area contributed by atoms with Gasteiger partial charge in [-0.3, -0.25) is 9.89 Å². The van der Waals surface area contributed by atoms with Crippen molar-refractivity contribution >= 4 is 23.4 Å². The number of ketones is 1. The smallest absolute Gasteiger partial charge is 0.356 e. The molecule has 0 bridgehead atoms. The third-order valence-corrected chi connectivity index (χ3v) is 2.66. The predicted molar refractivity (Wildman–Crippen MR) is 69.4 cm³/mol. The second kappa shape index (κ2) is 5.67. The Morgan fingerprint density at radius 2 is 2.00 bits per heavy atom. The van der Waals surface area contributed by atoms with Gasteiger partial charge < -0.3 is 4.74 Å². The van der Waals surface area contributed by atoms with Crippen LogP contribution in [-0.4, -0.2) is 28.6 Å². The van der Waals surface area contributed by atoms with Crippen molar-refractivity contribution in [3.05, 3.63) is 52.3 Å². The van der Waals surface area contributed by atoms with E-state index in [1.165, 1.54) is 6.07 Å². The molecule has 0 amide bonds. The van der Waals surface area contributed by atoms with E-state index in [4.69, 9.17) is 16.3 Å². The number of aromatic nitrogens is 2. The number of hydrogen-bond donors (Lipinski definition) is 1.